The molecule has 1 aromatic carbocycles. The normalized spacial score (nSPS) is 21.0. The Hall–Kier alpha value is -1.02. The van der Waals surface area contributed by atoms with Gasteiger partial charge in [0.25, 0.3) is 0 Å². The Kier molecular flexibility index (Phi) is 5.47. The number of anilines is 1. The van der Waals surface area contributed by atoms with Gasteiger partial charge in [-0.1, -0.05) is 31.0 Å². The van der Waals surface area contributed by atoms with E-state index in [0.717, 1.165) is 12.5 Å². The number of nitrogens with two attached hydrogens (primary N) is 1. The molecule has 2 N–H and O–H groups in total. The van der Waals surface area contributed by atoms with E-state index in [9.17, 15) is 0 Å². The molecule has 2 nitrogen and oxygen atoms in total. The van der Waals surface area contributed by atoms with E-state index in [1.165, 1.54) is 55.5 Å². The van der Waals surface area contributed by atoms with Crippen LogP contribution >= 0.6 is 0 Å². The second-order valence-corrected chi connectivity index (χ2v) is 6.45. The summed E-state index contributed by atoms with van der Waals surface area (Å²) >= 11 is 0. The molecular weight excluding hydrogens is 244 g/mol. The Morgan fingerprint density at radius 1 is 1.35 bits per heavy atom. The van der Waals surface area contributed by atoms with E-state index < -0.39 is 0 Å². The fourth-order valence-corrected chi connectivity index (χ4v) is 3.46. The van der Waals surface area contributed by atoms with Crippen LogP contribution in [0.5, 0.6) is 0 Å². The Bertz CT molecular complexity index is 423. The lowest BCUT2D eigenvalue weighted by atomic mass is 9.94. The molecule has 1 aliphatic rings. The average Bonchev–Trinajstić information content (AvgIpc) is 2.40. The van der Waals surface area contributed by atoms with Gasteiger partial charge >= 0.3 is 0 Å². The molecular formula is C18H30N2. The van der Waals surface area contributed by atoms with Crippen molar-refractivity contribution < 1.29 is 0 Å². The predicted octanol–water partition coefficient (Wildman–Crippen LogP) is 4.04. The van der Waals surface area contributed by atoms with Crippen LogP contribution in [0.4, 0.5) is 5.69 Å². The van der Waals surface area contributed by atoms with Gasteiger partial charge in [-0.15, -0.1) is 0 Å². The first kappa shape index (κ1) is 15.4. The van der Waals surface area contributed by atoms with Crippen LogP contribution in [0.3, 0.4) is 0 Å². The van der Waals surface area contributed by atoms with Crippen LogP contribution < -0.4 is 10.6 Å². The van der Waals surface area contributed by atoms with Crippen molar-refractivity contribution in [2.45, 2.75) is 71.4 Å². The highest BCUT2D eigenvalue weighted by atomic mass is 15.2. The zero-order chi connectivity index (χ0) is 14.5. The molecule has 2 unspecified atom stereocenters. The molecule has 2 atom stereocenters. The molecule has 2 rings (SSSR count). The number of hydrogen-bond acceptors (Lipinski definition) is 2. The van der Waals surface area contributed by atoms with E-state index in [1.807, 2.05) is 0 Å². The number of aryl methyl sites for hydroxylation is 1. The molecule has 0 saturated carbocycles. The van der Waals surface area contributed by atoms with E-state index in [0.29, 0.717) is 0 Å². The van der Waals surface area contributed by atoms with Crippen molar-refractivity contribution >= 4 is 5.69 Å². The first-order chi connectivity index (χ1) is 9.61. The van der Waals surface area contributed by atoms with Crippen LogP contribution in [0.25, 0.3) is 0 Å². The van der Waals surface area contributed by atoms with Gasteiger partial charge in [-0.05, 0) is 57.6 Å². The van der Waals surface area contributed by atoms with E-state index in [1.54, 1.807) is 0 Å². The maximum atomic E-state index is 6.05. The van der Waals surface area contributed by atoms with Crippen LogP contribution in [-0.2, 0) is 6.42 Å². The summed E-state index contributed by atoms with van der Waals surface area (Å²) in [6, 6.07) is 7.85. The summed E-state index contributed by atoms with van der Waals surface area (Å²) in [5.41, 5.74) is 10.3. The summed E-state index contributed by atoms with van der Waals surface area (Å²) in [7, 11) is 0. The van der Waals surface area contributed by atoms with Crippen LogP contribution in [0.1, 0.15) is 57.1 Å². The fraction of sp³-hybridized carbons (Fsp3) is 0.667. The summed E-state index contributed by atoms with van der Waals surface area (Å²) in [6.07, 6.45) is 7.62. The van der Waals surface area contributed by atoms with Crippen LogP contribution in [0.15, 0.2) is 18.2 Å². The van der Waals surface area contributed by atoms with Gasteiger partial charge in [-0.3, -0.25) is 0 Å². The highest BCUT2D eigenvalue weighted by Gasteiger charge is 2.23. The van der Waals surface area contributed by atoms with Crippen molar-refractivity contribution in [1.82, 2.24) is 0 Å². The molecule has 1 heterocycles. The highest BCUT2D eigenvalue weighted by molar-refractivity contribution is 5.56. The second-order valence-electron chi connectivity index (χ2n) is 6.45. The van der Waals surface area contributed by atoms with Gasteiger partial charge in [0.05, 0.1) is 0 Å². The molecule has 0 aliphatic carbocycles. The number of rotatable bonds is 5. The van der Waals surface area contributed by atoms with Crippen LogP contribution in [0, 0.1) is 6.92 Å². The highest BCUT2D eigenvalue weighted by Crippen LogP contribution is 2.31. The van der Waals surface area contributed by atoms with Crippen molar-refractivity contribution in [2.75, 3.05) is 11.4 Å². The quantitative estimate of drug-likeness (QED) is 0.878. The molecule has 1 fully saturated rings. The Morgan fingerprint density at radius 3 is 2.85 bits per heavy atom. The SMILES string of the molecule is CCCC1CCCCN1c1ccc(C)cc1CC(C)N. The first-order valence-corrected chi connectivity index (χ1v) is 8.23. The van der Waals surface area contributed by atoms with Crippen LogP contribution in [-0.4, -0.2) is 18.6 Å². The predicted molar refractivity (Wildman–Crippen MR) is 88.4 cm³/mol. The molecule has 20 heavy (non-hydrogen) atoms. The van der Waals surface area contributed by atoms with E-state index in [4.69, 9.17) is 5.73 Å². The van der Waals surface area contributed by atoms with Crippen molar-refractivity contribution in [3.63, 3.8) is 0 Å². The van der Waals surface area contributed by atoms with Gasteiger partial charge in [0.15, 0.2) is 0 Å². The Labute approximate surface area is 124 Å². The van der Waals surface area contributed by atoms with Gasteiger partial charge in [-0.2, -0.15) is 0 Å². The van der Waals surface area contributed by atoms with Crippen molar-refractivity contribution in [1.29, 1.82) is 0 Å². The second kappa shape index (κ2) is 7.12. The molecule has 0 aromatic heterocycles. The van der Waals surface area contributed by atoms with Gasteiger partial charge < -0.3 is 10.6 Å². The van der Waals surface area contributed by atoms with Gasteiger partial charge in [0.1, 0.15) is 0 Å². The molecule has 0 radical (unpaired) electrons. The van der Waals surface area contributed by atoms with Crippen molar-refractivity contribution in [3.05, 3.63) is 29.3 Å². The van der Waals surface area contributed by atoms with Crippen LogP contribution in [0.2, 0.25) is 0 Å². The molecule has 1 aliphatic heterocycles. The molecule has 1 aromatic rings. The summed E-state index contributed by atoms with van der Waals surface area (Å²) in [5, 5.41) is 0. The third-order valence-electron chi connectivity index (χ3n) is 4.34. The maximum absolute atomic E-state index is 6.05. The number of piperidine rings is 1. The summed E-state index contributed by atoms with van der Waals surface area (Å²) in [4.78, 5) is 2.66. The lowest BCUT2D eigenvalue weighted by Gasteiger charge is -2.39. The smallest absolute Gasteiger partial charge is 0.0402 e. The van der Waals surface area contributed by atoms with Crippen molar-refractivity contribution in [2.24, 2.45) is 5.73 Å². The monoisotopic (exact) mass is 274 g/mol. The average molecular weight is 274 g/mol. The Morgan fingerprint density at radius 2 is 2.15 bits per heavy atom. The van der Waals surface area contributed by atoms with Crippen molar-refractivity contribution in [3.8, 4) is 0 Å². The van der Waals surface area contributed by atoms with E-state index in [-0.39, 0.29) is 6.04 Å². The summed E-state index contributed by atoms with van der Waals surface area (Å²) in [5.74, 6) is 0. The van der Waals surface area contributed by atoms with Gasteiger partial charge in [0.2, 0.25) is 0 Å². The summed E-state index contributed by atoms with van der Waals surface area (Å²) < 4.78 is 0. The minimum absolute atomic E-state index is 0.227. The summed E-state index contributed by atoms with van der Waals surface area (Å²) in [6.45, 7) is 7.78. The Balaban J connectivity index is 2.28. The number of nitrogens with zero attached hydrogens (tertiary/aromatic N) is 1. The number of hydrogen-bond donors (Lipinski definition) is 1. The largest absolute Gasteiger partial charge is 0.368 e. The minimum atomic E-state index is 0.227. The number of benzene rings is 1. The topological polar surface area (TPSA) is 29.3 Å². The lowest BCUT2D eigenvalue weighted by Crippen LogP contribution is -2.40. The molecule has 0 bridgehead atoms. The molecule has 0 amide bonds. The maximum Gasteiger partial charge on any atom is 0.0402 e. The standard InChI is InChI=1S/C18H30N2/c1-4-7-17-8-5-6-11-20(17)18-10-9-14(2)12-16(18)13-15(3)19/h9-10,12,15,17H,4-8,11,13,19H2,1-3H3. The zero-order valence-corrected chi connectivity index (χ0v) is 13.4. The van der Waals surface area contributed by atoms with E-state index in [2.05, 4.69) is 43.9 Å². The third-order valence-corrected chi connectivity index (χ3v) is 4.34. The minimum Gasteiger partial charge on any atom is -0.368 e. The van der Waals surface area contributed by atoms with Gasteiger partial charge in [0, 0.05) is 24.3 Å². The third kappa shape index (κ3) is 3.76. The molecule has 0 spiro atoms. The fourth-order valence-electron chi connectivity index (χ4n) is 3.46. The zero-order valence-electron chi connectivity index (χ0n) is 13.4. The molecule has 2 heteroatoms. The first-order valence-electron chi connectivity index (χ1n) is 8.23. The van der Waals surface area contributed by atoms with E-state index >= 15 is 0 Å². The van der Waals surface area contributed by atoms with Gasteiger partial charge in [-0.25, -0.2) is 0 Å². The molecule has 112 valence electrons. The lowest BCUT2D eigenvalue weighted by molar-refractivity contribution is 0.433. The molecule has 1 saturated heterocycles.